The van der Waals surface area contributed by atoms with Crippen LogP contribution in [0.4, 0.5) is 0 Å². The Hall–Kier alpha value is 0. The Morgan fingerprint density at radius 3 is 0.500 bits per heavy atom. The van der Waals surface area contributed by atoms with Crippen LogP contribution in [0, 0.1) is 0 Å². The van der Waals surface area contributed by atoms with Gasteiger partial charge < -0.3 is 0 Å². The third kappa shape index (κ3) is 33.6. The van der Waals surface area contributed by atoms with E-state index in [1.54, 1.807) is 0 Å². The van der Waals surface area contributed by atoms with Crippen LogP contribution in [0.3, 0.4) is 0 Å². The maximum atomic E-state index is 2.30. The monoisotopic (exact) mass is 342 g/mol. The standard InChI is InChI=1S/C20H42.2C2H6/c1-3-5-7-9-11-13-15-17-19-20-18-16-14-12-10-8-6-4-2;2*1-2/h3-20H2,1-2H3;2*1-2H3. The van der Waals surface area contributed by atoms with E-state index in [1.807, 2.05) is 27.7 Å². The first-order chi connectivity index (χ1) is 11.9. The number of hydrogen-bond acceptors (Lipinski definition) is 0. The van der Waals surface area contributed by atoms with Gasteiger partial charge in [0.15, 0.2) is 0 Å². The Morgan fingerprint density at radius 2 is 0.375 bits per heavy atom. The molecule has 0 aromatic rings. The summed E-state index contributed by atoms with van der Waals surface area (Å²) in [5.41, 5.74) is 0. The van der Waals surface area contributed by atoms with Gasteiger partial charge in [0.1, 0.15) is 0 Å². The zero-order chi connectivity index (χ0) is 18.7. The summed E-state index contributed by atoms with van der Waals surface area (Å²) >= 11 is 0. The van der Waals surface area contributed by atoms with Gasteiger partial charge in [0.05, 0.1) is 0 Å². The highest BCUT2D eigenvalue weighted by Crippen LogP contribution is 2.14. The summed E-state index contributed by atoms with van der Waals surface area (Å²) in [6.07, 6.45) is 26.4. The molecule has 0 rings (SSSR count). The minimum Gasteiger partial charge on any atom is -0.0683 e. The minimum absolute atomic E-state index is 1.37. The molecule has 0 radical (unpaired) electrons. The van der Waals surface area contributed by atoms with E-state index < -0.39 is 0 Å². The molecule has 0 unspecified atom stereocenters. The fraction of sp³-hybridized carbons (Fsp3) is 1.00. The molecule has 0 heterocycles. The first kappa shape index (κ1) is 28.8. The predicted octanol–water partition coefficient (Wildman–Crippen LogP) is 10.1. The highest BCUT2D eigenvalue weighted by Gasteiger charge is 1.94. The third-order valence-electron chi connectivity index (χ3n) is 4.46. The fourth-order valence-corrected chi connectivity index (χ4v) is 2.97. The quantitative estimate of drug-likeness (QED) is 0.231. The zero-order valence-electron chi connectivity index (χ0n) is 18.7. The Kier molecular flexibility index (Phi) is 41.2. The highest BCUT2D eigenvalue weighted by atomic mass is 14.0. The lowest BCUT2D eigenvalue weighted by atomic mass is 10.0. The van der Waals surface area contributed by atoms with Gasteiger partial charge >= 0.3 is 0 Å². The van der Waals surface area contributed by atoms with Gasteiger partial charge in [-0.2, -0.15) is 0 Å². The van der Waals surface area contributed by atoms with E-state index in [0.29, 0.717) is 0 Å². The summed E-state index contributed by atoms with van der Waals surface area (Å²) in [4.78, 5) is 0. The van der Waals surface area contributed by atoms with Crippen molar-refractivity contribution in [1.82, 2.24) is 0 Å². The van der Waals surface area contributed by atoms with Gasteiger partial charge in [-0.05, 0) is 0 Å². The lowest BCUT2D eigenvalue weighted by Gasteiger charge is -2.03. The van der Waals surface area contributed by atoms with Crippen molar-refractivity contribution in [3.8, 4) is 0 Å². The Balaban J connectivity index is -0.00000102. The molecule has 0 aliphatic heterocycles. The largest absolute Gasteiger partial charge is 0.0683 e. The van der Waals surface area contributed by atoms with Crippen molar-refractivity contribution in [1.29, 1.82) is 0 Å². The van der Waals surface area contributed by atoms with Crippen LogP contribution in [-0.4, -0.2) is 0 Å². The summed E-state index contributed by atoms with van der Waals surface area (Å²) < 4.78 is 0. The molecule has 0 nitrogen and oxygen atoms in total. The van der Waals surface area contributed by atoms with E-state index >= 15 is 0 Å². The molecule has 0 aliphatic rings. The van der Waals surface area contributed by atoms with E-state index in [0.717, 1.165) is 0 Å². The molecule has 0 bridgehead atoms. The SMILES string of the molecule is CC.CC.CCCCCCCCCCCCCCCCCCCC. The molecule has 0 atom stereocenters. The molecule has 0 amide bonds. The van der Waals surface area contributed by atoms with Crippen molar-refractivity contribution < 1.29 is 0 Å². The van der Waals surface area contributed by atoms with Crippen molar-refractivity contribution in [2.24, 2.45) is 0 Å². The van der Waals surface area contributed by atoms with E-state index in [2.05, 4.69) is 13.8 Å². The molecule has 0 spiro atoms. The molecular formula is C24H54. The van der Waals surface area contributed by atoms with E-state index in [4.69, 9.17) is 0 Å². The highest BCUT2D eigenvalue weighted by molar-refractivity contribution is 4.49. The summed E-state index contributed by atoms with van der Waals surface area (Å²) in [7, 11) is 0. The Bertz CT molecular complexity index is 132. The van der Waals surface area contributed by atoms with Crippen LogP contribution in [0.15, 0.2) is 0 Å². The molecule has 0 saturated heterocycles. The summed E-state index contributed by atoms with van der Waals surface area (Å²) in [5, 5.41) is 0. The average Bonchev–Trinajstić information content (AvgIpc) is 2.65. The maximum absolute atomic E-state index is 2.30. The smallest absolute Gasteiger partial charge is 0.0533 e. The molecule has 0 heteroatoms. The van der Waals surface area contributed by atoms with Gasteiger partial charge in [0.25, 0.3) is 0 Å². The number of rotatable bonds is 17. The van der Waals surface area contributed by atoms with Crippen LogP contribution in [0.25, 0.3) is 0 Å². The van der Waals surface area contributed by atoms with E-state index in [-0.39, 0.29) is 0 Å². The van der Waals surface area contributed by atoms with Crippen LogP contribution in [0.5, 0.6) is 0 Å². The summed E-state index contributed by atoms with van der Waals surface area (Å²) in [6, 6.07) is 0. The molecule has 0 fully saturated rings. The van der Waals surface area contributed by atoms with Crippen molar-refractivity contribution in [3.05, 3.63) is 0 Å². The first-order valence-corrected chi connectivity index (χ1v) is 11.9. The zero-order valence-corrected chi connectivity index (χ0v) is 18.7. The Labute approximate surface area is 157 Å². The third-order valence-corrected chi connectivity index (χ3v) is 4.46. The second-order valence-corrected chi connectivity index (χ2v) is 6.66. The molecule has 0 saturated carbocycles. The average molecular weight is 343 g/mol. The lowest BCUT2D eigenvalue weighted by Crippen LogP contribution is -1.83. The molecule has 150 valence electrons. The second kappa shape index (κ2) is 34.4. The van der Waals surface area contributed by atoms with Gasteiger partial charge in [-0.25, -0.2) is 0 Å². The van der Waals surface area contributed by atoms with Gasteiger partial charge in [0, 0.05) is 0 Å². The molecule has 0 aromatic heterocycles. The molecule has 0 aliphatic carbocycles. The van der Waals surface area contributed by atoms with Crippen LogP contribution in [-0.2, 0) is 0 Å². The minimum atomic E-state index is 1.37. The predicted molar refractivity (Wildman–Crippen MR) is 117 cm³/mol. The first-order valence-electron chi connectivity index (χ1n) is 11.9. The van der Waals surface area contributed by atoms with Gasteiger partial charge in [-0.1, -0.05) is 157 Å². The number of unbranched alkanes of at least 4 members (excludes halogenated alkanes) is 17. The van der Waals surface area contributed by atoms with Crippen LogP contribution in [0.1, 0.15) is 157 Å². The maximum Gasteiger partial charge on any atom is -0.0533 e. The molecule has 0 aromatic carbocycles. The van der Waals surface area contributed by atoms with Crippen molar-refractivity contribution in [3.63, 3.8) is 0 Å². The van der Waals surface area contributed by atoms with Gasteiger partial charge in [-0.3, -0.25) is 0 Å². The second-order valence-electron chi connectivity index (χ2n) is 6.66. The van der Waals surface area contributed by atoms with Crippen LogP contribution < -0.4 is 0 Å². The summed E-state index contributed by atoms with van der Waals surface area (Å²) in [6.45, 7) is 12.6. The fourth-order valence-electron chi connectivity index (χ4n) is 2.97. The topological polar surface area (TPSA) is 0 Å². The normalized spacial score (nSPS) is 9.75. The van der Waals surface area contributed by atoms with Crippen molar-refractivity contribution in [2.45, 2.75) is 157 Å². The summed E-state index contributed by atoms with van der Waals surface area (Å²) in [5.74, 6) is 0. The van der Waals surface area contributed by atoms with Gasteiger partial charge in [-0.15, -0.1) is 0 Å². The number of hydrogen-bond donors (Lipinski definition) is 0. The Morgan fingerprint density at radius 1 is 0.250 bits per heavy atom. The lowest BCUT2D eigenvalue weighted by molar-refractivity contribution is 0.526. The van der Waals surface area contributed by atoms with Crippen molar-refractivity contribution in [2.75, 3.05) is 0 Å². The van der Waals surface area contributed by atoms with E-state index in [1.165, 1.54) is 116 Å². The molecule has 24 heavy (non-hydrogen) atoms. The van der Waals surface area contributed by atoms with Crippen LogP contribution >= 0.6 is 0 Å². The van der Waals surface area contributed by atoms with E-state index in [9.17, 15) is 0 Å². The van der Waals surface area contributed by atoms with Crippen molar-refractivity contribution >= 4 is 0 Å². The van der Waals surface area contributed by atoms with Gasteiger partial charge in [0.2, 0.25) is 0 Å². The molecular weight excluding hydrogens is 288 g/mol. The van der Waals surface area contributed by atoms with Crippen LogP contribution in [0.2, 0.25) is 0 Å². The molecule has 0 N–H and O–H groups in total.